The van der Waals surface area contributed by atoms with Crippen molar-refractivity contribution in [2.75, 3.05) is 5.32 Å². The highest BCUT2D eigenvalue weighted by atomic mass is 35.5. The number of carbonyl (C=O) groups excluding carboxylic acids is 2. The van der Waals surface area contributed by atoms with Gasteiger partial charge in [0.25, 0.3) is 17.4 Å². The van der Waals surface area contributed by atoms with Gasteiger partial charge in [0, 0.05) is 29.7 Å². The van der Waals surface area contributed by atoms with Gasteiger partial charge in [-0.2, -0.15) is 0 Å². The average molecular weight is 529 g/mol. The van der Waals surface area contributed by atoms with Crippen LogP contribution < -0.4 is 21.3 Å². The Bertz CT molecular complexity index is 1770. The molecular weight excluding hydrogens is 511 g/mol. The molecule has 2 amide bonds. The van der Waals surface area contributed by atoms with E-state index in [1.807, 2.05) is 6.07 Å². The lowest BCUT2D eigenvalue weighted by Gasteiger charge is -2.14. The smallest absolute Gasteiger partial charge is 0.268 e. The van der Waals surface area contributed by atoms with Crippen LogP contribution in [0.15, 0.2) is 95.9 Å². The molecule has 0 radical (unpaired) electrons. The highest BCUT2D eigenvalue weighted by molar-refractivity contribution is 6.34. The van der Waals surface area contributed by atoms with Crippen LogP contribution in [-0.4, -0.2) is 21.4 Å². The van der Waals surface area contributed by atoms with Crippen LogP contribution in [0.4, 0.5) is 10.1 Å². The third-order valence-electron chi connectivity index (χ3n) is 5.67. The zero-order chi connectivity index (χ0) is 26.8. The summed E-state index contributed by atoms with van der Waals surface area (Å²) in [7, 11) is 0. The van der Waals surface area contributed by atoms with E-state index in [2.05, 4.69) is 10.3 Å². The zero-order valence-electron chi connectivity index (χ0n) is 19.5. The molecule has 0 spiro atoms. The van der Waals surface area contributed by atoms with Gasteiger partial charge < -0.3 is 15.8 Å². The Morgan fingerprint density at radius 1 is 0.947 bits per heavy atom. The fourth-order valence-electron chi connectivity index (χ4n) is 3.91. The van der Waals surface area contributed by atoms with Crippen molar-refractivity contribution in [3.05, 3.63) is 124 Å². The van der Waals surface area contributed by atoms with E-state index in [4.69, 9.17) is 22.1 Å². The number of nitrogens with zero attached hydrogens (tertiary/aromatic N) is 2. The van der Waals surface area contributed by atoms with Crippen molar-refractivity contribution >= 4 is 40.0 Å². The number of nitrogens with one attached hydrogen (secondary N) is 1. The highest BCUT2D eigenvalue weighted by Crippen LogP contribution is 2.33. The molecule has 0 saturated carbocycles. The molecule has 38 heavy (non-hydrogen) atoms. The van der Waals surface area contributed by atoms with Gasteiger partial charge in [0.1, 0.15) is 22.0 Å². The van der Waals surface area contributed by atoms with Crippen molar-refractivity contribution in [2.45, 2.75) is 0 Å². The SMILES string of the molecule is NC(=O)c1nccc(Oc2ccc(NC(=O)c3cc4ccccc4n(-c4ccccc4)c3=O)cc2F)c1Cl. The first-order valence-corrected chi connectivity index (χ1v) is 11.6. The predicted octanol–water partition coefficient (Wildman–Crippen LogP) is 5.32. The van der Waals surface area contributed by atoms with E-state index in [0.29, 0.717) is 16.6 Å². The molecule has 5 rings (SSSR count). The predicted molar refractivity (Wildman–Crippen MR) is 142 cm³/mol. The lowest BCUT2D eigenvalue weighted by Crippen LogP contribution is -2.28. The number of benzene rings is 3. The van der Waals surface area contributed by atoms with Crippen molar-refractivity contribution < 1.29 is 18.7 Å². The fraction of sp³-hybridized carbons (Fsp3) is 0. The molecule has 188 valence electrons. The van der Waals surface area contributed by atoms with Gasteiger partial charge >= 0.3 is 0 Å². The summed E-state index contributed by atoms with van der Waals surface area (Å²) in [6.07, 6.45) is 1.25. The lowest BCUT2D eigenvalue weighted by molar-refractivity contribution is 0.0993. The molecule has 8 nitrogen and oxygen atoms in total. The van der Waals surface area contributed by atoms with E-state index in [-0.39, 0.29) is 33.5 Å². The molecule has 10 heteroatoms. The summed E-state index contributed by atoms with van der Waals surface area (Å²) in [5.41, 5.74) is 5.71. The minimum Gasteiger partial charge on any atom is -0.453 e. The summed E-state index contributed by atoms with van der Waals surface area (Å²) >= 11 is 6.09. The number of ether oxygens (including phenoxy) is 1. The van der Waals surface area contributed by atoms with E-state index in [1.54, 1.807) is 48.5 Å². The fourth-order valence-corrected chi connectivity index (χ4v) is 4.15. The molecular formula is C28H18ClFN4O4. The second-order valence-corrected chi connectivity index (χ2v) is 8.51. The van der Waals surface area contributed by atoms with Crippen molar-refractivity contribution in [3.8, 4) is 17.2 Å². The lowest BCUT2D eigenvalue weighted by atomic mass is 10.1. The Labute approximate surface area is 220 Å². The number of hydrogen-bond acceptors (Lipinski definition) is 5. The van der Waals surface area contributed by atoms with Crippen LogP contribution >= 0.6 is 11.6 Å². The minimum atomic E-state index is -0.862. The number of carbonyl (C=O) groups is 2. The number of nitrogens with two attached hydrogens (primary N) is 1. The summed E-state index contributed by atoms with van der Waals surface area (Å²) < 4.78 is 21.8. The van der Waals surface area contributed by atoms with Gasteiger partial charge in [-0.3, -0.25) is 19.0 Å². The largest absolute Gasteiger partial charge is 0.453 e. The second-order valence-electron chi connectivity index (χ2n) is 8.13. The number of para-hydroxylation sites is 2. The maximum Gasteiger partial charge on any atom is 0.268 e. The third kappa shape index (κ3) is 4.70. The molecule has 5 aromatic rings. The van der Waals surface area contributed by atoms with E-state index in [1.165, 1.54) is 35.0 Å². The molecule has 2 aromatic heterocycles. The molecule has 0 unspecified atom stereocenters. The molecule has 0 bridgehead atoms. The number of amides is 2. The van der Waals surface area contributed by atoms with Crippen LogP contribution in [0.3, 0.4) is 0 Å². The van der Waals surface area contributed by atoms with Crippen LogP contribution in [-0.2, 0) is 0 Å². The highest BCUT2D eigenvalue weighted by Gasteiger charge is 2.19. The number of rotatable bonds is 6. The van der Waals surface area contributed by atoms with Gasteiger partial charge in [-0.05, 0) is 41.8 Å². The van der Waals surface area contributed by atoms with Gasteiger partial charge in [-0.25, -0.2) is 9.37 Å². The van der Waals surface area contributed by atoms with Crippen LogP contribution in [0.5, 0.6) is 11.5 Å². The second kappa shape index (κ2) is 10.2. The first kappa shape index (κ1) is 24.7. The van der Waals surface area contributed by atoms with Crippen molar-refractivity contribution in [1.82, 2.24) is 9.55 Å². The topological polar surface area (TPSA) is 116 Å². The Morgan fingerprint density at radius 3 is 2.42 bits per heavy atom. The molecule has 0 aliphatic heterocycles. The van der Waals surface area contributed by atoms with Crippen LogP contribution in [0, 0.1) is 5.82 Å². The number of anilines is 1. The Kier molecular flexibility index (Phi) is 6.59. The molecule has 3 N–H and O–H groups in total. The van der Waals surface area contributed by atoms with Gasteiger partial charge in [0.15, 0.2) is 11.6 Å². The first-order valence-electron chi connectivity index (χ1n) is 11.3. The molecule has 3 aromatic carbocycles. The van der Waals surface area contributed by atoms with Gasteiger partial charge in [0.2, 0.25) is 0 Å². The maximum absolute atomic E-state index is 14.9. The molecule has 0 aliphatic carbocycles. The molecule has 0 atom stereocenters. The van der Waals surface area contributed by atoms with E-state index >= 15 is 0 Å². The normalized spacial score (nSPS) is 10.8. The number of fused-ring (bicyclic) bond motifs is 1. The van der Waals surface area contributed by atoms with Crippen molar-refractivity contribution in [1.29, 1.82) is 0 Å². The summed E-state index contributed by atoms with van der Waals surface area (Å²) in [5.74, 6) is -2.63. The average Bonchev–Trinajstić information content (AvgIpc) is 2.91. The number of hydrogen-bond donors (Lipinski definition) is 2. The standard InChI is InChI=1S/C28H18ClFN4O4/c29-24-23(12-13-32-25(24)26(31)35)38-22-11-10-17(15-20(22)30)33-27(36)19-14-16-6-4-5-9-21(16)34(28(19)37)18-7-2-1-3-8-18/h1-15H,(H2,31,35)(H,33,36). The Balaban J connectivity index is 1.45. The summed E-state index contributed by atoms with van der Waals surface area (Å²) in [6, 6.07) is 22.7. The number of primary amides is 1. The van der Waals surface area contributed by atoms with Crippen LogP contribution in [0.25, 0.3) is 16.6 Å². The van der Waals surface area contributed by atoms with Gasteiger partial charge in [0.05, 0.1) is 5.52 Å². The minimum absolute atomic E-state index is 0.0243. The summed E-state index contributed by atoms with van der Waals surface area (Å²) in [5, 5.41) is 3.08. The quantitative estimate of drug-likeness (QED) is 0.309. The Morgan fingerprint density at radius 2 is 1.68 bits per heavy atom. The van der Waals surface area contributed by atoms with E-state index in [9.17, 15) is 18.8 Å². The van der Waals surface area contributed by atoms with Gasteiger partial charge in [-0.1, -0.05) is 48.0 Å². The molecule has 0 saturated heterocycles. The number of halogens is 2. The summed E-state index contributed by atoms with van der Waals surface area (Å²) in [4.78, 5) is 41.8. The van der Waals surface area contributed by atoms with Crippen LogP contribution in [0.2, 0.25) is 5.02 Å². The number of aromatic nitrogens is 2. The monoisotopic (exact) mass is 528 g/mol. The van der Waals surface area contributed by atoms with Gasteiger partial charge in [-0.15, -0.1) is 0 Å². The Hall–Kier alpha value is -5.02. The summed E-state index contributed by atoms with van der Waals surface area (Å²) in [6.45, 7) is 0. The van der Waals surface area contributed by atoms with E-state index in [0.717, 1.165) is 6.07 Å². The number of pyridine rings is 2. The van der Waals surface area contributed by atoms with Crippen LogP contribution in [0.1, 0.15) is 20.8 Å². The molecule has 0 aliphatic rings. The third-order valence-corrected chi connectivity index (χ3v) is 6.03. The maximum atomic E-state index is 14.9. The molecule has 2 heterocycles. The molecule has 0 fully saturated rings. The zero-order valence-corrected chi connectivity index (χ0v) is 20.3. The van der Waals surface area contributed by atoms with E-state index < -0.39 is 23.2 Å². The first-order chi connectivity index (χ1) is 18.3. The van der Waals surface area contributed by atoms with Crippen molar-refractivity contribution in [2.24, 2.45) is 5.73 Å². The van der Waals surface area contributed by atoms with Crippen molar-refractivity contribution in [3.63, 3.8) is 0 Å².